The predicted molar refractivity (Wildman–Crippen MR) is 121 cm³/mol. The van der Waals surface area contributed by atoms with Crippen LogP contribution in [0.2, 0.25) is 0 Å². The van der Waals surface area contributed by atoms with E-state index < -0.39 is 12.2 Å². The molecule has 1 atom stereocenters. The number of ether oxygens (including phenoxy) is 1. The molecule has 1 unspecified atom stereocenters. The Morgan fingerprint density at radius 1 is 0.828 bits per heavy atom. The molecule has 29 heavy (non-hydrogen) atoms. The van der Waals surface area contributed by atoms with Gasteiger partial charge in [0.25, 0.3) is 0 Å². The largest absolute Gasteiger partial charge is 0.507 e. The topological polar surface area (TPSA) is 72.5 Å². The van der Waals surface area contributed by atoms with Crippen molar-refractivity contribution in [2.45, 2.75) is 116 Å². The maximum absolute atomic E-state index is 12.0. The number of carbonyl (C=O) groups is 1. The molecule has 0 fully saturated rings. The monoisotopic (exact) mass is 405 g/mol. The van der Waals surface area contributed by atoms with Crippen molar-refractivity contribution in [3.05, 3.63) is 29.8 Å². The van der Waals surface area contributed by atoms with Crippen molar-refractivity contribution in [3.8, 4) is 5.75 Å². The quantitative estimate of drug-likeness (QED) is 0.155. The second-order valence-corrected chi connectivity index (χ2v) is 8.20. The first-order valence-corrected chi connectivity index (χ1v) is 11.9. The van der Waals surface area contributed by atoms with Gasteiger partial charge < -0.3 is 9.84 Å². The Labute approximate surface area is 178 Å². The van der Waals surface area contributed by atoms with Gasteiger partial charge in [-0.1, -0.05) is 109 Å². The van der Waals surface area contributed by atoms with Gasteiger partial charge in [0.2, 0.25) is 0 Å². The standard InChI is InChI=1S/C25H43NO3/c1-2-3-4-5-6-7-8-9-10-11-12-13-14-15-16-21-24(26)29-25(28)22-19-17-18-20-23(22)27/h17-20,24,27H,2-16,21,26H2,1H3. The molecule has 3 N–H and O–H groups in total. The van der Waals surface area contributed by atoms with Crippen LogP contribution in [0.1, 0.15) is 120 Å². The Kier molecular flexibility index (Phi) is 15.2. The highest BCUT2D eigenvalue weighted by Gasteiger charge is 2.15. The summed E-state index contributed by atoms with van der Waals surface area (Å²) in [7, 11) is 0. The average molecular weight is 406 g/mol. The third-order valence-electron chi connectivity index (χ3n) is 5.47. The molecule has 0 saturated carbocycles. The number of phenols is 1. The Bertz CT molecular complexity index is 533. The molecule has 0 saturated heterocycles. The van der Waals surface area contributed by atoms with Gasteiger partial charge in [0.1, 0.15) is 11.3 Å². The zero-order valence-corrected chi connectivity index (χ0v) is 18.5. The van der Waals surface area contributed by atoms with E-state index >= 15 is 0 Å². The fourth-order valence-corrected chi connectivity index (χ4v) is 3.62. The molecular weight excluding hydrogens is 362 g/mol. The van der Waals surface area contributed by atoms with Gasteiger partial charge in [-0.15, -0.1) is 0 Å². The van der Waals surface area contributed by atoms with E-state index in [9.17, 15) is 9.90 Å². The third kappa shape index (κ3) is 13.3. The number of esters is 1. The van der Waals surface area contributed by atoms with Crippen LogP contribution in [0.3, 0.4) is 0 Å². The molecule has 166 valence electrons. The molecular formula is C25H43NO3. The van der Waals surface area contributed by atoms with Crippen molar-refractivity contribution in [1.29, 1.82) is 0 Å². The number of rotatable bonds is 18. The number of unbranched alkanes of at least 4 members (excludes halogenated alkanes) is 14. The fourth-order valence-electron chi connectivity index (χ4n) is 3.62. The molecule has 0 heterocycles. The van der Waals surface area contributed by atoms with Crippen LogP contribution in [0, 0.1) is 0 Å². The molecule has 0 aliphatic carbocycles. The van der Waals surface area contributed by atoms with E-state index in [1.165, 1.54) is 95.6 Å². The highest BCUT2D eigenvalue weighted by Crippen LogP contribution is 2.18. The molecule has 0 amide bonds. The summed E-state index contributed by atoms with van der Waals surface area (Å²) in [6.07, 6.45) is 19.9. The van der Waals surface area contributed by atoms with Gasteiger partial charge in [-0.2, -0.15) is 0 Å². The Morgan fingerprint density at radius 3 is 1.76 bits per heavy atom. The highest BCUT2D eigenvalue weighted by molar-refractivity contribution is 5.92. The van der Waals surface area contributed by atoms with Crippen LogP contribution >= 0.6 is 0 Å². The van der Waals surface area contributed by atoms with Crippen LogP contribution in [0.4, 0.5) is 0 Å². The van der Waals surface area contributed by atoms with E-state index in [1.54, 1.807) is 12.1 Å². The fraction of sp³-hybridized carbons (Fsp3) is 0.720. The van der Waals surface area contributed by atoms with Gasteiger partial charge in [0.05, 0.1) is 0 Å². The number of hydrogen-bond acceptors (Lipinski definition) is 4. The first kappa shape index (κ1) is 25.5. The minimum absolute atomic E-state index is 0.0725. The number of nitrogens with two attached hydrogens (primary N) is 1. The lowest BCUT2D eigenvalue weighted by Crippen LogP contribution is -2.27. The molecule has 0 radical (unpaired) electrons. The zero-order valence-electron chi connectivity index (χ0n) is 18.5. The molecule has 0 aliphatic heterocycles. The second-order valence-electron chi connectivity index (χ2n) is 8.20. The van der Waals surface area contributed by atoms with Crippen LogP contribution in [-0.2, 0) is 4.74 Å². The van der Waals surface area contributed by atoms with Crippen molar-refractivity contribution in [2.24, 2.45) is 5.73 Å². The van der Waals surface area contributed by atoms with Gasteiger partial charge in [0.15, 0.2) is 6.23 Å². The van der Waals surface area contributed by atoms with E-state index in [2.05, 4.69) is 6.92 Å². The molecule has 0 aliphatic rings. The molecule has 4 nitrogen and oxygen atoms in total. The van der Waals surface area contributed by atoms with Crippen molar-refractivity contribution >= 4 is 5.97 Å². The molecule has 0 spiro atoms. The van der Waals surface area contributed by atoms with Crippen molar-refractivity contribution in [2.75, 3.05) is 0 Å². The van der Waals surface area contributed by atoms with Crippen LogP contribution in [-0.4, -0.2) is 17.3 Å². The highest BCUT2D eigenvalue weighted by atomic mass is 16.6. The maximum atomic E-state index is 12.0. The predicted octanol–water partition coefficient (Wildman–Crippen LogP) is 7.10. The summed E-state index contributed by atoms with van der Waals surface area (Å²) in [5, 5.41) is 9.67. The summed E-state index contributed by atoms with van der Waals surface area (Å²) in [6.45, 7) is 2.27. The smallest absolute Gasteiger partial charge is 0.343 e. The summed E-state index contributed by atoms with van der Waals surface area (Å²) < 4.78 is 5.22. The van der Waals surface area contributed by atoms with Gasteiger partial charge in [-0.3, -0.25) is 5.73 Å². The number of phenolic OH excluding ortho intramolecular Hbond substituents is 1. The third-order valence-corrected chi connectivity index (χ3v) is 5.47. The molecule has 1 aromatic carbocycles. The summed E-state index contributed by atoms with van der Waals surface area (Å²) in [6, 6.07) is 6.37. The summed E-state index contributed by atoms with van der Waals surface area (Å²) in [5.41, 5.74) is 6.06. The van der Waals surface area contributed by atoms with E-state index in [-0.39, 0.29) is 11.3 Å². The van der Waals surface area contributed by atoms with E-state index in [4.69, 9.17) is 10.5 Å². The zero-order chi connectivity index (χ0) is 21.2. The van der Waals surface area contributed by atoms with E-state index in [0.717, 1.165) is 12.8 Å². The van der Waals surface area contributed by atoms with Crippen molar-refractivity contribution in [1.82, 2.24) is 0 Å². The molecule has 4 heteroatoms. The van der Waals surface area contributed by atoms with Crippen LogP contribution in [0.15, 0.2) is 24.3 Å². The Hall–Kier alpha value is -1.55. The van der Waals surface area contributed by atoms with Gasteiger partial charge in [-0.05, 0) is 25.0 Å². The maximum Gasteiger partial charge on any atom is 0.343 e. The lowest BCUT2D eigenvalue weighted by molar-refractivity contribution is 0.0289. The minimum Gasteiger partial charge on any atom is -0.507 e. The first-order chi connectivity index (χ1) is 14.1. The molecule has 0 bridgehead atoms. The summed E-state index contributed by atoms with van der Waals surface area (Å²) in [4.78, 5) is 12.0. The Morgan fingerprint density at radius 2 is 1.28 bits per heavy atom. The van der Waals surface area contributed by atoms with Gasteiger partial charge in [0, 0.05) is 0 Å². The number of hydrogen-bond donors (Lipinski definition) is 2. The lowest BCUT2D eigenvalue weighted by atomic mass is 10.0. The molecule has 1 rings (SSSR count). The Balaban J connectivity index is 1.88. The first-order valence-electron chi connectivity index (χ1n) is 11.9. The number of benzene rings is 1. The van der Waals surface area contributed by atoms with Crippen LogP contribution in [0.25, 0.3) is 0 Å². The summed E-state index contributed by atoms with van der Waals surface area (Å²) >= 11 is 0. The van der Waals surface area contributed by atoms with Crippen molar-refractivity contribution < 1.29 is 14.6 Å². The lowest BCUT2D eigenvalue weighted by Gasteiger charge is -2.13. The minimum atomic E-state index is -0.607. The summed E-state index contributed by atoms with van der Waals surface area (Å²) in [5.74, 6) is -0.631. The van der Waals surface area contributed by atoms with Gasteiger partial charge in [-0.25, -0.2) is 4.79 Å². The number of para-hydroxylation sites is 1. The van der Waals surface area contributed by atoms with Crippen molar-refractivity contribution in [3.63, 3.8) is 0 Å². The normalized spacial score (nSPS) is 12.1. The number of aromatic hydroxyl groups is 1. The average Bonchev–Trinajstić information content (AvgIpc) is 2.71. The van der Waals surface area contributed by atoms with E-state index in [0.29, 0.717) is 6.42 Å². The number of carbonyl (C=O) groups excluding carboxylic acids is 1. The van der Waals surface area contributed by atoms with Crippen LogP contribution < -0.4 is 5.73 Å². The molecule has 1 aromatic rings. The molecule has 0 aromatic heterocycles. The van der Waals surface area contributed by atoms with Gasteiger partial charge >= 0.3 is 5.97 Å². The van der Waals surface area contributed by atoms with Crippen LogP contribution in [0.5, 0.6) is 5.75 Å². The van der Waals surface area contributed by atoms with E-state index in [1.807, 2.05) is 0 Å². The second kappa shape index (κ2) is 17.3. The SMILES string of the molecule is CCCCCCCCCCCCCCCCCC(N)OC(=O)c1ccccc1O.